The monoisotopic (exact) mass is 308 g/mol. The van der Waals surface area contributed by atoms with Gasteiger partial charge in [-0.05, 0) is 56.8 Å². The van der Waals surface area contributed by atoms with Crippen molar-refractivity contribution in [1.29, 1.82) is 0 Å². The summed E-state index contributed by atoms with van der Waals surface area (Å²) in [5.41, 5.74) is 0.312. The lowest BCUT2D eigenvalue weighted by molar-refractivity contribution is 0.0560. The third-order valence-electron chi connectivity index (χ3n) is 4.56. The molecule has 21 heavy (non-hydrogen) atoms. The van der Waals surface area contributed by atoms with Crippen molar-refractivity contribution >= 4 is 17.5 Å². The van der Waals surface area contributed by atoms with Crippen LogP contribution >= 0.6 is 11.6 Å². The van der Waals surface area contributed by atoms with Crippen LogP contribution in [0, 0.1) is 0 Å². The highest BCUT2D eigenvalue weighted by Crippen LogP contribution is 2.29. The molecule has 4 nitrogen and oxygen atoms in total. The zero-order valence-corrected chi connectivity index (χ0v) is 12.8. The third kappa shape index (κ3) is 3.01. The number of phenols is 1. The number of carbonyl (C=O) groups is 1. The second-order valence-corrected chi connectivity index (χ2v) is 6.36. The number of benzene rings is 1. The molecule has 0 radical (unpaired) electrons. The minimum absolute atomic E-state index is 0.00750. The Bertz CT molecular complexity index is 529. The second kappa shape index (κ2) is 6.24. The van der Waals surface area contributed by atoms with Crippen LogP contribution in [0.2, 0.25) is 5.02 Å². The van der Waals surface area contributed by atoms with Gasteiger partial charge in [0.15, 0.2) is 0 Å². The smallest absolute Gasteiger partial charge is 0.257 e. The molecule has 2 heterocycles. The van der Waals surface area contributed by atoms with E-state index in [0.29, 0.717) is 16.6 Å². The summed E-state index contributed by atoms with van der Waals surface area (Å²) >= 11 is 5.97. The number of phenolic OH excluding ortho intramolecular Hbond substituents is 1. The maximum Gasteiger partial charge on any atom is 0.257 e. The molecule has 114 valence electrons. The topological polar surface area (TPSA) is 52.6 Å². The van der Waals surface area contributed by atoms with Gasteiger partial charge < -0.3 is 15.3 Å². The van der Waals surface area contributed by atoms with Gasteiger partial charge in [-0.1, -0.05) is 11.6 Å². The van der Waals surface area contributed by atoms with Gasteiger partial charge in [0.2, 0.25) is 0 Å². The van der Waals surface area contributed by atoms with Crippen molar-refractivity contribution in [2.45, 2.75) is 44.2 Å². The summed E-state index contributed by atoms with van der Waals surface area (Å²) in [5, 5.41) is 13.9. The van der Waals surface area contributed by atoms with Crippen LogP contribution in [0.5, 0.6) is 5.75 Å². The van der Waals surface area contributed by atoms with E-state index in [1.807, 2.05) is 4.90 Å². The predicted molar refractivity (Wildman–Crippen MR) is 82.8 cm³/mol. The Morgan fingerprint density at radius 2 is 2.14 bits per heavy atom. The minimum Gasteiger partial charge on any atom is -0.507 e. The number of nitrogens with one attached hydrogen (secondary N) is 1. The average Bonchev–Trinajstić information content (AvgIpc) is 3.03. The van der Waals surface area contributed by atoms with Gasteiger partial charge in [0.25, 0.3) is 5.91 Å². The molecule has 0 saturated carbocycles. The molecule has 3 rings (SSSR count). The molecule has 2 fully saturated rings. The summed E-state index contributed by atoms with van der Waals surface area (Å²) in [6.07, 6.45) is 5.51. The van der Waals surface area contributed by atoms with E-state index in [1.165, 1.54) is 12.5 Å². The fraction of sp³-hybridized carbons (Fsp3) is 0.562. The Balaban J connectivity index is 1.85. The van der Waals surface area contributed by atoms with E-state index < -0.39 is 0 Å². The van der Waals surface area contributed by atoms with Crippen LogP contribution in [0.25, 0.3) is 0 Å². The molecule has 2 unspecified atom stereocenters. The fourth-order valence-electron chi connectivity index (χ4n) is 3.50. The number of aromatic hydroxyl groups is 1. The minimum atomic E-state index is -0.103. The van der Waals surface area contributed by atoms with Gasteiger partial charge in [0, 0.05) is 23.7 Å². The van der Waals surface area contributed by atoms with Crippen LogP contribution in [0.4, 0.5) is 0 Å². The van der Waals surface area contributed by atoms with E-state index in [9.17, 15) is 9.90 Å². The van der Waals surface area contributed by atoms with Crippen molar-refractivity contribution in [2.24, 2.45) is 0 Å². The van der Waals surface area contributed by atoms with Crippen LogP contribution in [0.15, 0.2) is 18.2 Å². The zero-order chi connectivity index (χ0) is 14.8. The number of hydrogen-bond donors (Lipinski definition) is 2. The Morgan fingerprint density at radius 3 is 2.90 bits per heavy atom. The van der Waals surface area contributed by atoms with Gasteiger partial charge in [-0.3, -0.25) is 4.79 Å². The van der Waals surface area contributed by atoms with E-state index in [0.717, 1.165) is 38.8 Å². The quantitative estimate of drug-likeness (QED) is 0.883. The highest BCUT2D eigenvalue weighted by molar-refractivity contribution is 6.31. The van der Waals surface area contributed by atoms with E-state index >= 15 is 0 Å². The van der Waals surface area contributed by atoms with Gasteiger partial charge in [0.05, 0.1) is 5.56 Å². The summed E-state index contributed by atoms with van der Waals surface area (Å²) in [7, 11) is 0. The predicted octanol–water partition coefficient (Wildman–Crippen LogP) is 2.79. The third-order valence-corrected chi connectivity index (χ3v) is 4.80. The first kappa shape index (κ1) is 14.7. The van der Waals surface area contributed by atoms with Crippen LogP contribution < -0.4 is 5.32 Å². The molecule has 2 saturated heterocycles. The lowest BCUT2D eigenvalue weighted by Gasteiger charge is -2.39. The number of piperidine rings is 1. The first-order valence-corrected chi connectivity index (χ1v) is 8.07. The van der Waals surface area contributed by atoms with Crippen molar-refractivity contribution in [2.75, 3.05) is 13.1 Å². The van der Waals surface area contributed by atoms with Gasteiger partial charge in [-0.2, -0.15) is 0 Å². The van der Waals surface area contributed by atoms with E-state index in [-0.39, 0.29) is 17.7 Å². The van der Waals surface area contributed by atoms with Crippen molar-refractivity contribution < 1.29 is 9.90 Å². The van der Waals surface area contributed by atoms with E-state index in [2.05, 4.69) is 5.32 Å². The van der Waals surface area contributed by atoms with Crippen molar-refractivity contribution in [3.05, 3.63) is 28.8 Å². The van der Waals surface area contributed by atoms with Crippen molar-refractivity contribution in [3.8, 4) is 5.75 Å². The molecule has 2 aliphatic rings. The number of hydrogen-bond acceptors (Lipinski definition) is 3. The molecule has 1 aromatic carbocycles. The van der Waals surface area contributed by atoms with Gasteiger partial charge in [-0.25, -0.2) is 0 Å². The average molecular weight is 309 g/mol. The number of amides is 1. The molecule has 1 amide bonds. The molecular formula is C16H21ClN2O2. The lowest BCUT2D eigenvalue weighted by Crippen LogP contribution is -2.52. The second-order valence-electron chi connectivity index (χ2n) is 5.93. The summed E-state index contributed by atoms with van der Waals surface area (Å²) in [4.78, 5) is 14.7. The molecule has 5 heteroatoms. The van der Waals surface area contributed by atoms with E-state index in [1.54, 1.807) is 12.1 Å². The van der Waals surface area contributed by atoms with Crippen LogP contribution in [0.3, 0.4) is 0 Å². The molecule has 0 bridgehead atoms. The summed E-state index contributed by atoms with van der Waals surface area (Å²) in [6.45, 7) is 1.79. The molecule has 2 atom stereocenters. The number of rotatable bonds is 2. The molecule has 0 spiro atoms. The summed E-state index contributed by atoms with van der Waals surface area (Å²) in [5.74, 6) is -0.0958. The van der Waals surface area contributed by atoms with Gasteiger partial charge in [0.1, 0.15) is 5.75 Å². The van der Waals surface area contributed by atoms with Gasteiger partial charge >= 0.3 is 0 Å². The highest BCUT2D eigenvalue weighted by atomic mass is 35.5. The first-order valence-electron chi connectivity index (χ1n) is 7.69. The number of carbonyl (C=O) groups excluding carboxylic acids is 1. The lowest BCUT2D eigenvalue weighted by atomic mass is 9.93. The zero-order valence-electron chi connectivity index (χ0n) is 12.0. The van der Waals surface area contributed by atoms with Gasteiger partial charge in [-0.15, -0.1) is 0 Å². The molecule has 0 aromatic heterocycles. The Morgan fingerprint density at radius 1 is 1.29 bits per heavy atom. The summed E-state index contributed by atoms with van der Waals surface area (Å²) < 4.78 is 0. The maximum absolute atomic E-state index is 12.8. The first-order chi connectivity index (χ1) is 10.2. The van der Waals surface area contributed by atoms with Crippen LogP contribution in [-0.2, 0) is 0 Å². The molecule has 2 aliphatic heterocycles. The largest absolute Gasteiger partial charge is 0.507 e. The number of halogens is 1. The van der Waals surface area contributed by atoms with Crippen molar-refractivity contribution in [1.82, 2.24) is 10.2 Å². The molecule has 1 aromatic rings. The summed E-state index contributed by atoms with van der Waals surface area (Å²) in [6, 6.07) is 5.26. The Kier molecular flexibility index (Phi) is 4.36. The number of likely N-dealkylation sites (tertiary alicyclic amines) is 1. The van der Waals surface area contributed by atoms with Crippen LogP contribution in [0.1, 0.15) is 42.5 Å². The molecular weight excluding hydrogens is 288 g/mol. The van der Waals surface area contributed by atoms with Crippen molar-refractivity contribution in [3.63, 3.8) is 0 Å². The number of nitrogens with zero attached hydrogens (tertiary/aromatic N) is 1. The standard InChI is InChI=1S/C16H21ClN2O2/c17-11-6-7-15(20)12(10-11)16(21)19-9-2-1-5-14(19)13-4-3-8-18-13/h6-7,10,13-14,18,20H,1-5,8-9H2. The Labute approximate surface area is 130 Å². The Hall–Kier alpha value is -1.26. The molecule has 0 aliphatic carbocycles. The van der Waals surface area contributed by atoms with Crippen LogP contribution in [-0.4, -0.2) is 41.1 Å². The highest BCUT2D eigenvalue weighted by Gasteiger charge is 2.35. The SMILES string of the molecule is O=C(c1cc(Cl)ccc1O)N1CCCCC1C1CCCN1. The normalized spacial score (nSPS) is 26.0. The fourth-order valence-corrected chi connectivity index (χ4v) is 3.67. The maximum atomic E-state index is 12.8. The molecule has 2 N–H and O–H groups in total. The van der Waals surface area contributed by atoms with E-state index in [4.69, 9.17) is 11.6 Å².